The maximum absolute atomic E-state index is 12.8. The number of sulfonamides is 1. The standard InChI is InChI=1S/C20H21ClN4O3S2/c1-24-18-7-3-2-6-16(18)23-20(24)29-13-19(26)22-17-12-14(8-9-15(17)21)30(27,28)25-10-4-5-11-25/h2-3,6-9,12H,4-5,10-11,13H2,1H3,(H,22,26). The van der Waals surface area contributed by atoms with Crippen LogP contribution in [0.25, 0.3) is 11.0 Å². The van der Waals surface area contributed by atoms with Crippen molar-refractivity contribution in [3.63, 3.8) is 0 Å². The maximum atomic E-state index is 12.8. The van der Waals surface area contributed by atoms with Gasteiger partial charge in [-0.1, -0.05) is 35.5 Å². The van der Waals surface area contributed by atoms with Crippen LogP contribution in [0.15, 0.2) is 52.5 Å². The minimum Gasteiger partial charge on any atom is -0.324 e. The number of imidazole rings is 1. The minimum absolute atomic E-state index is 0.122. The Hall–Kier alpha value is -2.07. The minimum atomic E-state index is -3.58. The summed E-state index contributed by atoms with van der Waals surface area (Å²) < 4.78 is 28.9. The molecule has 1 saturated heterocycles. The quantitative estimate of drug-likeness (QED) is 0.562. The number of carbonyl (C=O) groups is 1. The van der Waals surface area contributed by atoms with Crippen LogP contribution in [0.2, 0.25) is 5.02 Å². The molecule has 0 unspecified atom stereocenters. The van der Waals surface area contributed by atoms with Crippen molar-refractivity contribution in [2.24, 2.45) is 7.05 Å². The zero-order valence-corrected chi connectivity index (χ0v) is 18.7. The van der Waals surface area contributed by atoms with Crippen molar-refractivity contribution in [1.82, 2.24) is 13.9 Å². The van der Waals surface area contributed by atoms with Crippen molar-refractivity contribution in [2.75, 3.05) is 24.2 Å². The molecule has 3 aromatic rings. The summed E-state index contributed by atoms with van der Waals surface area (Å²) in [5.41, 5.74) is 2.14. The number of halogens is 1. The lowest BCUT2D eigenvalue weighted by molar-refractivity contribution is -0.113. The van der Waals surface area contributed by atoms with Crippen LogP contribution in [-0.4, -0.2) is 47.0 Å². The maximum Gasteiger partial charge on any atom is 0.243 e. The van der Waals surface area contributed by atoms with E-state index < -0.39 is 10.0 Å². The molecule has 10 heteroatoms. The van der Waals surface area contributed by atoms with E-state index in [9.17, 15) is 13.2 Å². The normalized spacial score (nSPS) is 15.0. The molecular formula is C20H21ClN4O3S2. The van der Waals surface area contributed by atoms with Crippen LogP contribution in [0.1, 0.15) is 12.8 Å². The highest BCUT2D eigenvalue weighted by Gasteiger charge is 2.27. The van der Waals surface area contributed by atoms with Crippen LogP contribution in [0, 0.1) is 0 Å². The Labute approximate surface area is 184 Å². The molecule has 1 aliphatic heterocycles. The van der Waals surface area contributed by atoms with Crippen molar-refractivity contribution >= 4 is 56.0 Å². The fourth-order valence-corrected chi connectivity index (χ4v) is 5.90. The molecule has 0 spiro atoms. The van der Waals surface area contributed by atoms with Gasteiger partial charge in [0.05, 0.1) is 32.4 Å². The molecule has 1 aliphatic rings. The zero-order valence-electron chi connectivity index (χ0n) is 16.3. The molecule has 4 rings (SSSR count). The monoisotopic (exact) mass is 464 g/mol. The molecule has 2 aromatic carbocycles. The summed E-state index contributed by atoms with van der Waals surface area (Å²) in [7, 11) is -1.68. The molecular weight excluding hydrogens is 444 g/mol. The molecule has 7 nitrogen and oxygen atoms in total. The highest BCUT2D eigenvalue weighted by molar-refractivity contribution is 7.99. The topological polar surface area (TPSA) is 84.3 Å². The number of amides is 1. The number of fused-ring (bicyclic) bond motifs is 1. The fraction of sp³-hybridized carbons (Fsp3) is 0.300. The molecule has 0 atom stereocenters. The Morgan fingerprint density at radius 1 is 1.20 bits per heavy atom. The first-order valence-electron chi connectivity index (χ1n) is 9.50. The van der Waals surface area contributed by atoms with Crippen molar-refractivity contribution < 1.29 is 13.2 Å². The second-order valence-corrected chi connectivity index (χ2v) is 10.3. The predicted molar refractivity (Wildman–Crippen MR) is 120 cm³/mol. The molecule has 1 aromatic heterocycles. The van der Waals surface area contributed by atoms with Crippen LogP contribution >= 0.6 is 23.4 Å². The van der Waals surface area contributed by atoms with Crippen molar-refractivity contribution in [3.05, 3.63) is 47.5 Å². The van der Waals surface area contributed by atoms with Gasteiger partial charge in [0.2, 0.25) is 15.9 Å². The van der Waals surface area contributed by atoms with Crippen LogP contribution in [0.4, 0.5) is 5.69 Å². The third-order valence-corrected chi connectivity index (χ3v) is 8.25. The van der Waals surface area contributed by atoms with Gasteiger partial charge in [-0.05, 0) is 43.2 Å². The molecule has 158 valence electrons. The molecule has 30 heavy (non-hydrogen) atoms. The second kappa shape index (κ2) is 8.58. The number of aryl methyl sites for hydroxylation is 1. The van der Waals surface area contributed by atoms with E-state index in [1.165, 1.54) is 34.3 Å². The Morgan fingerprint density at radius 2 is 1.93 bits per heavy atom. The summed E-state index contributed by atoms with van der Waals surface area (Å²) in [4.78, 5) is 17.2. The van der Waals surface area contributed by atoms with Crippen molar-refractivity contribution in [2.45, 2.75) is 22.9 Å². The number of aromatic nitrogens is 2. The summed E-state index contributed by atoms with van der Waals surface area (Å²) in [6.07, 6.45) is 1.71. The van der Waals surface area contributed by atoms with Gasteiger partial charge < -0.3 is 9.88 Å². The summed E-state index contributed by atoms with van der Waals surface area (Å²) in [5.74, 6) is -0.166. The highest BCUT2D eigenvalue weighted by Crippen LogP contribution is 2.29. The Morgan fingerprint density at radius 3 is 2.67 bits per heavy atom. The van der Waals surface area contributed by atoms with E-state index in [1.54, 1.807) is 0 Å². The van der Waals surface area contributed by atoms with Gasteiger partial charge in [-0.3, -0.25) is 4.79 Å². The van der Waals surface area contributed by atoms with Crippen LogP contribution in [0.5, 0.6) is 0 Å². The third kappa shape index (κ3) is 4.20. The number of thioether (sulfide) groups is 1. The molecule has 0 bridgehead atoms. The molecule has 0 saturated carbocycles. The van der Waals surface area contributed by atoms with Gasteiger partial charge in [0.1, 0.15) is 0 Å². The summed E-state index contributed by atoms with van der Waals surface area (Å²) in [6, 6.07) is 12.1. The van der Waals surface area contributed by atoms with E-state index in [0.29, 0.717) is 13.1 Å². The molecule has 1 N–H and O–H groups in total. The lowest BCUT2D eigenvalue weighted by Crippen LogP contribution is -2.28. The Kier molecular flexibility index (Phi) is 6.06. The Bertz CT molecular complexity index is 1200. The SMILES string of the molecule is Cn1c(SCC(=O)Nc2cc(S(=O)(=O)N3CCCC3)ccc2Cl)nc2ccccc21. The molecule has 1 fully saturated rings. The van der Waals surface area contributed by atoms with Gasteiger partial charge in [-0.15, -0.1) is 0 Å². The highest BCUT2D eigenvalue weighted by atomic mass is 35.5. The van der Waals surface area contributed by atoms with E-state index in [0.717, 1.165) is 29.0 Å². The first kappa shape index (κ1) is 21.2. The van der Waals surface area contributed by atoms with E-state index in [2.05, 4.69) is 10.3 Å². The first-order valence-corrected chi connectivity index (χ1v) is 12.3. The third-order valence-electron chi connectivity index (χ3n) is 4.99. The van der Waals surface area contributed by atoms with E-state index in [1.807, 2.05) is 35.9 Å². The lowest BCUT2D eigenvalue weighted by atomic mass is 10.3. The number of rotatable bonds is 6. The zero-order chi connectivity index (χ0) is 21.3. The van der Waals surface area contributed by atoms with Crippen LogP contribution < -0.4 is 5.32 Å². The molecule has 1 amide bonds. The fourth-order valence-electron chi connectivity index (χ4n) is 3.41. The number of para-hydroxylation sites is 2. The van der Waals surface area contributed by atoms with Crippen molar-refractivity contribution in [3.8, 4) is 0 Å². The number of nitrogens with zero attached hydrogens (tertiary/aromatic N) is 3. The van der Waals surface area contributed by atoms with Crippen molar-refractivity contribution in [1.29, 1.82) is 0 Å². The second-order valence-electron chi connectivity index (χ2n) is 7.03. The van der Waals surface area contributed by atoms with Gasteiger partial charge in [0, 0.05) is 20.1 Å². The lowest BCUT2D eigenvalue weighted by Gasteiger charge is -2.16. The average molecular weight is 465 g/mol. The largest absolute Gasteiger partial charge is 0.324 e. The van der Waals surface area contributed by atoms with Gasteiger partial charge in [-0.2, -0.15) is 4.31 Å². The molecule has 0 aliphatic carbocycles. The number of benzene rings is 2. The van der Waals surface area contributed by atoms with Crippen LogP contribution in [0.3, 0.4) is 0 Å². The average Bonchev–Trinajstić information content (AvgIpc) is 3.37. The number of nitrogens with one attached hydrogen (secondary N) is 1. The summed E-state index contributed by atoms with van der Waals surface area (Å²) in [5, 5.41) is 3.74. The first-order chi connectivity index (χ1) is 14.4. The van der Waals surface area contributed by atoms with Gasteiger partial charge in [-0.25, -0.2) is 13.4 Å². The molecule has 2 heterocycles. The van der Waals surface area contributed by atoms with E-state index in [-0.39, 0.29) is 27.3 Å². The predicted octanol–water partition coefficient (Wildman–Crippen LogP) is 3.74. The summed E-state index contributed by atoms with van der Waals surface area (Å²) in [6.45, 7) is 1.03. The smallest absolute Gasteiger partial charge is 0.243 e. The van der Waals surface area contributed by atoms with E-state index in [4.69, 9.17) is 11.6 Å². The van der Waals surface area contributed by atoms with Gasteiger partial charge in [0.15, 0.2) is 5.16 Å². The van der Waals surface area contributed by atoms with Gasteiger partial charge in [0.25, 0.3) is 0 Å². The number of hydrogen-bond donors (Lipinski definition) is 1. The van der Waals surface area contributed by atoms with Gasteiger partial charge >= 0.3 is 0 Å². The Balaban J connectivity index is 1.47. The van der Waals surface area contributed by atoms with E-state index >= 15 is 0 Å². The van der Waals surface area contributed by atoms with Crippen LogP contribution in [-0.2, 0) is 21.9 Å². The number of anilines is 1. The number of carbonyl (C=O) groups excluding carboxylic acids is 1. The summed E-state index contributed by atoms with van der Waals surface area (Å²) >= 11 is 7.51. The number of hydrogen-bond acceptors (Lipinski definition) is 5. The molecule has 0 radical (unpaired) electrons.